The molecule has 0 aliphatic carbocycles. The van der Waals surface area contributed by atoms with Crippen LogP contribution in [0, 0.1) is 0 Å². The van der Waals surface area contributed by atoms with Crippen molar-refractivity contribution < 1.29 is 9.53 Å². The first-order valence-electron chi connectivity index (χ1n) is 8.09. The Kier molecular flexibility index (Phi) is 3.60. The van der Waals surface area contributed by atoms with Crippen molar-refractivity contribution in [2.75, 3.05) is 13.1 Å². The van der Waals surface area contributed by atoms with E-state index in [0.29, 0.717) is 25.4 Å². The number of piperidine rings is 1. The van der Waals surface area contributed by atoms with Crippen LogP contribution in [0.15, 0.2) is 18.5 Å². The van der Waals surface area contributed by atoms with Crippen LogP contribution in [-0.2, 0) is 17.9 Å². The number of carbonyl (C=O) groups is 1. The molecule has 0 N–H and O–H groups in total. The summed E-state index contributed by atoms with van der Waals surface area (Å²) >= 11 is 0. The molecule has 23 heavy (non-hydrogen) atoms. The molecule has 4 heterocycles. The summed E-state index contributed by atoms with van der Waals surface area (Å²) in [4.78, 5) is 14.7. The fraction of sp³-hybridized carbons (Fsp3) is 0.600. The monoisotopic (exact) mass is 316 g/mol. The fourth-order valence-corrected chi connectivity index (χ4v) is 3.43. The first-order valence-corrected chi connectivity index (χ1v) is 8.09. The Morgan fingerprint density at radius 2 is 2.39 bits per heavy atom. The average Bonchev–Trinajstić information content (AvgIpc) is 3.23. The van der Waals surface area contributed by atoms with Gasteiger partial charge in [-0.25, -0.2) is 4.68 Å². The second kappa shape index (κ2) is 5.77. The maximum atomic E-state index is 12.9. The Bertz CT molecular complexity index is 708. The zero-order valence-corrected chi connectivity index (χ0v) is 13.1. The Labute approximate surface area is 134 Å². The first-order chi connectivity index (χ1) is 11.3. The van der Waals surface area contributed by atoms with Crippen LogP contribution in [0.3, 0.4) is 0 Å². The normalized spacial score (nSPS) is 23.4. The third kappa shape index (κ3) is 2.42. The van der Waals surface area contributed by atoms with Gasteiger partial charge in [-0.05, 0) is 18.9 Å². The molecule has 2 aliphatic heterocycles. The summed E-state index contributed by atoms with van der Waals surface area (Å²) in [6, 6.07) is 1.84. The Hall–Kier alpha value is -2.22. The number of aromatic nitrogens is 5. The number of hydrogen-bond donors (Lipinski definition) is 0. The van der Waals surface area contributed by atoms with E-state index in [1.54, 1.807) is 23.1 Å². The molecule has 0 spiro atoms. The summed E-state index contributed by atoms with van der Waals surface area (Å²) in [6.07, 6.45) is 5.29. The van der Waals surface area contributed by atoms with Crippen LogP contribution in [-0.4, -0.2) is 54.8 Å². The molecule has 2 aromatic rings. The Morgan fingerprint density at radius 1 is 1.48 bits per heavy atom. The van der Waals surface area contributed by atoms with Gasteiger partial charge in [0.2, 0.25) is 0 Å². The average molecular weight is 316 g/mol. The first kappa shape index (κ1) is 14.4. The van der Waals surface area contributed by atoms with E-state index < -0.39 is 0 Å². The molecule has 4 rings (SSSR count). The van der Waals surface area contributed by atoms with Crippen LogP contribution < -0.4 is 0 Å². The molecule has 2 aliphatic rings. The molecule has 0 aromatic carbocycles. The molecule has 0 radical (unpaired) electrons. The van der Waals surface area contributed by atoms with Gasteiger partial charge in [0.1, 0.15) is 5.69 Å². The minimum absolute atomic E-state index is 0.0293. The lowest BCUT2D eigenvalue weighted by atomic mass is 10.00. The number of fused-ring (bicyclic) bond motifs is 3. The molecule has 8 nitrogen and oxygen atoms in total. The maximum absolute atomic E-state index is 12.9. The summed E-state index contributed by atoms with van der Waals surface area (Å²) in [5, 5.41) is 12.4. The quantitative estimate of drug-likeness (QED) is 0.839. The third-order valence-electron chi connectivity index (χ3n) is 4.59. The van der Waals surface area contributed by atoms with Gasteiger partial charge in [-0.2, -0.15) is 5.10 Å². The molecule has 1 fully saturated rings. The van der Waals surface area contributed by atoms with Gasteiger partial charge in [-0.1, -0.05) is 12.1 Å². The van der Waals surface area contributed by atoms with Crippen molar-refractivity contribution in [1.29, 1.82) is 0 Å². The molecular weight excluding hydrogens is 296 g/mol. The number of aryl methyl sites for hydroxylation is 1. The van der Waals surface area contributed by atoms with Gasteiger partial charge in [0, 0.05) is 25.8 Å². The minimum Gasteiger partial charge on any atom is -0.370 e. The lowest BCUT2D eigenvalue weighted by Gasteiger charge is -2.40. The Balaban J connectivity index is 1.55. The van der Waals surface area contributed by atoms with E-state index in [2.05, 4.69) is 22.3 Å². The molecule has 1 amide bonds. The Morgan fingerprint density at radius 3 is 3.26 bits per heavy atom. The number of hydrogen-bond acceptors (Lipinski definition) is 5. The summed E-state index contributed by atoms with van der Waals surface area (Å²) in [5.74, 6) is 0.0293. The van der Waals surface area contributed by atoms with Crippen LogP contribution in [0.4, 0.5) is 0 Å². The summed E-state index contributed by atoms with van der Waals surface area (Å²) in [7, 11) is 0. The van der Waals surface area contributed by atoms with Gasteiger partial charge in [0.15, 0.2) is 0 Å². The van der Waals surface area contributed by atoms with Crippen molar-refractivity contribution in [1.82, 2.24) is 29.7 Å². The highest BCUT2D eigenvalue weighted by atomic mass is 16.5. The number of ether oxygens (including phenoxy) is 1. The second-order valence-electron chi connectivity index (χ2n) is 6.07. The van der Waals surface area contributed by atoms with Gasteiger partial charge in [0.05, 0.1) is 30.6 Å². The summed E-state index contributed by atoms with van der Waals surface area (Å²) in [6.45, 7) is 4.67. The number of carbonyl (C=O) groups excluding carboxylic acids is 1. The molecular formula is C15H20N6O2. The maximum Gasteiger partial charge on any atom is 0.272 e. The van der Waals surface area contributed by atoms with E-state index in [1.165, 1.54) is 0 Å². The number of rotatable bonds is 3. The third-order valence-corrected chi connectivity index (χ3v) is 4.59. The molecule has 8 heteroatoms. The lowest BCUT2D eigenvalue weighted by Crippen LogP contribution is -2.50. The van der Waals surface area contributed by atoms with E-state index in [1.807, 2.05) is 9.58 Å². The van der Waals surface area contributed by atoms with Gasteiger partial charge in [-0.3, -0.25) is 9.48 Å². The number of likely N-dealkylation sites (tertiary alicyclic amines) is 1. The molecule has 2 aromatic heterocycles. The molecule has 0 saturated carbocycles. The minimum atomic E-state index is 0.0293. The van der Waals surface area contributed by atoms with Gasteiger partial charge in [-0.15, -0.1) is 5.10 Å². The summed E-state index contributed by atoms with van der Waals surface area (Å²) < 4.78 is 9.59. The highest BCUT2D eigenvalue weighted by Gasteiger charge is 2.38. The molecule has 0 bridgehead atoms. The SMILES string of the molecule is CCCn1nccc1C(=O)N1CC[C@@H]2OCc3cnnn3[C@H]2C1. The predicted molar refractivity (Wildman–Crippen MR) is 80.7 cm³/mol. The lowest BCUT2D eigenvalue weighted by molar-refractivity contribution is -0.0606. The predicted octanol–water partition coefficient (Wildman–Crippen LogP) is 0.871. The molecule has 1 saturated heterocycles. The molecule has 0 unspecified atom stereocenters. The van der Waals surface area contributed by atoms with Crippen molar-refractivity contribution in [2.24, 2.45) is 0 Å². The van der Waals surface area contributed by atoms with Gasteiger partial charge < -0.3 is 9.64 Å². The van der Waals surface area contributed by atoms with Crippen molar-refractivity contribution >= 4 is 5.91 Å². The van der Waals surface area contributed by atoms with E-state index in [-0.39, 0.29) is 18.1 Å². The second-order valence-corrected chi connectivity index (χ2v) is 6.07. The fourth-order valence-electron chi connectivity index (χ4n) is 3.43. The van der Waals surface area contributed by atoms with Crippen LogP contribution in [0.5, 0.6) is 0 Å². The van der Waals surface area contributed by atoms with Gasteiger partial charge >= 0.3 is 0 Å². The van der Waals surface area contributed by atoms with E-state index in [4.69, 9.17) is 4.74 Å². The smallest absolute Gasteiger partial charge is 0.272 e. The van der Waals surface area contributed by atoms with Crippen LogP contribution in [0.25, 0.3) is 0 Å². The van der Waals surface area contributed by atoms with Crippen molar-refractivity contribution in [3.8, 4) is 0 Å². The van der Waals surface area contributed by atoms with Crippen molar-refractivity contribution in [2.45, 2.75) is 45.1 Å². The largest absolute Gasteiger partial charge is 0.370 e. The van der Waals surface area contributed by atoms with Crippen molar-refractivity contribution in [3.05, 3.63) is 29.8 Å². The van der Waals surface area contributed by atoms with Crippen molar-refractivity contribution in [3.63, 3.8) is 0 Å². The van der Waals surface area contributed by atoms with Crippen LogP contribution in [0.1, 0.15) is 42.0 Å². The highest BCUT2D eigenvalue weighted by molar-refractivity contribution is 5.92. The highest BCUT2D eigenvalue weighted by Crippen LogP contribution is 2.30. The van der Waals surface area contributed by atoms with E-state index in [0.717, 1.165) is 25.1 Å². The topological polar surface area (TPSA) is 78.1 Å². The van der Waals surface area contributed by atoms with Crippen LogP contribution >= 0.6 is 0 Å². The zero-order valence-electron chi connectivity index (χ0n) is 13.1. The number of amides is 1. The standard InChI is InChI=1S/C15H20N6O2/c1-2-6-20-12(3-5-17-20)15(22)19-7-4-14-13(9-19)21-11(10-23-14)8-16-18-21/h3,5,8,13-14H,2,4,6-7,9-10H2,1H3/t13-,14-/m0/s1. The van der Waals surface area contributed by atoms with E-state index in [9.17, 15) is 4.79 Å². The van der Waals surface area contributed by atoms with Crippen LogP contribution in [0.2, 0.25) is 0 Å². The number of nitrogens with zero attached hydrogens (tertiary/aromatic N) is 6. The van der Waals surface area contributed by atoms with Gasteiger partial charge in [0.25, 0.3) is 5.91 Å². The molecule has 122 valence electrons. The van der Waals surface area contributed by atoms with E-state index >= 15 is 0 Å². The molecule has 2 atom stereocenters. The summed E-state index contributed by atoms with van der Waals surface area (Å²) in [5.41, 5.74) is 1.62. The zero-order chi connectivity index (χ0) is 15.8.